The number of nitrogens with two attached hydrogens (primary N) is 1. The minimum Gasteiger partial charge on any atom is -0.453 e. The van der Waals surface area contributed by atoms with Crippen molar-refractivity contribution in [2.45, 2.75) is 0 Å². The van der Waals surface area contributed by atoms with Crippen molar-refractivity contribution in [1.29, 1.82) is 0 Å². The van der Waals surface area contributed by atoms with E-state index in [2.05, 4.69) is 9.88 Å². The first kappa shape index (κ1) is 9.67. The van der Waals surface area contributed by atoms with Crippen molar-refractivity contribution in [2.24, 2.45) is 5.14 Å². The number of primary sulfonamides is 1. The van der Waals surface area contributed by atoms with Crippen molar-refractivity contribution >= 4 is 27.1 Å². The van der Waals surface area contributed by atoms with E-state index in [1.165, 1.54) is 0 Å². The van der Waals surface area contributed by atoms with Gasteiger partial charge < -0.3 is 4.74 Å². The number of ether oxygens (including phenoxy) is 1. The normalized spacial score (nSPS) is 11.0. The molecule has 0 saturated heterocycles. The van der Waals surface area contributed by atoms with Gasteiger partial charge in [-0.05, 0) is 0 Å². The quantitative estimate of drug-likeness (QED) is 0.612. The maximum absolute atomic E-state index is 10.2. The average molecular weight is 188 g/mol. The first-order chi connectivity index (χ1) is 4.42. The number of rotatable bonds is 3. The van der Waals surface area contributed by atoms with Crippen molar-refractivity contribution in [3.05, 3.63) is 0 Å². The van der Waals surface area contributed by atoms with E-state index in [0.29, 0.717) is 0 Å². The zero-order valence-corrected chi connectivity index (χ0v) is 6.48. The number of sulfonamides is 1. The standard InChI is InChI=1S/C3H6ClNO4S/c4-3(6)9-1-2-10(5,7)8/h1-2H2,(H2,5,7,8). The van der Waals surface area contributed by atoms with Crippen molar-refractivity contribution in [2.75, 3.05) is 12.4 Å². The van der Waals surface area contributed by atoms with Gasteiger partial charge in [0.15, 0.2) is 0 Å². The highest BCUT2D eigenvalue weighted by Crippen LogP contribution is 1.87. The second-order valence-electron chi connectivity index (χ2n) is 1.45. The smallest absolute Gasteiger partial charge is 0.403 e. The van der Waals surface area contributed by atoms with Gasteiger partial charge in [-0.3, -0.25) is 0 Å². The molecule has 0 spiro atoms. The second-order valence-corrected chi connectivity index (χ2v) is 3.50. The van der Waals surface area contributed by atoms with Gasteiger partial charge in [0, 0.05) is 11.6 Å². The lowest BCUT2D eigenvalue weighted by Gasteiger charge is -1.96. The van der Waals surface area contributed by atoms with Gasteiger partial charge in [-0.25, -0.2) is 18.4 Å². The minimum atomic E-state index is -3.56. The van der Waals surface area contributed by atoms with Crippen molar-refractivity contribution in [3.63, 3.8) is 0 Å². The summed E-state index contributed by atoms with van der Waals surface area (Å²) in [6.07, 6.45) is 0. The zero-order chi connectivity index (χ0) is 8.20. The Morgan fingerprint density at radius 1 is 1.60 bits per heavy atom. The van der Waals surface area contributed by atoms with Crippen molar-refractivity contribution < 1.29 is 17.9 Å². The SMILES string of the molecule is NS(=O)(=O)CCOC(=O)Cl. The molecule has 0 saturated carbocycles. The van der Waals surface area contributed by atoms with Crippen LogP contribution in [-0.4, -0.2) is 26.2 Å². The maximum atomic E-state index is 10.2. The first-order valence-electron chi connectivity index (χ1n) is 2.24. The van der Waals surface area contributed by atoms with Gasteiger partial charge in [0.2, 0.25) is 10.0 Å². The third-order valence-corrected chi connectivity index (χ3v) is 1.43. The summed E-state index contributed by atoms with van der Waals surface area (Å²) in [5.41, 5.74) is -1.04. The second kappa shape index (κ2) is 3.75. The number of carbonyl (C=O) groups is 1. The molecule has 10 heavy (non-hydrogen) atoms. The molecule has 2 N–H and O–H groups in total. The highest BCUT2D eigenvalue weighted by atomic mass is 35.5. The van der Waals surface area contributed by atoms with Crippen LogP contribution in [0.2, 0.25) is 0 Å². The molecule has 0 atom stereocenters. The van der Waals surface area contributed by atoms with Crippen molar-refractivity contribution in [3.8, 4) is 0 Å². The summed E-state index contributed by atoms with van der Waals surface area (Å²) in [5, 5.41) is 4.56. The van der Waals surface area contributed by atoms with E-state index >= 15 is 0 Å². The molecule has 0 aliphatic heterocycles. The van der Waals surface area contributed by atoms with Gasteiger partial charge in [0.05, 0.1) is 5.75 Å². The molecule has 0 aromatic heterocycles. The van der Waals surface area contributed by atoms with Gasteiger partial charge in [0.1, 0.15) is 6.61 Å². The topological polar surface area (TPSA) is 86.5 Å². The molecule has 60 valence electrons. The van der Waals surface area contributed by atoms with Gasteiger partial charge in [0.25, 0.3) is 0 Å². The number of hydrogen-bond acceptors (Lipinski definition) is 4. The summed E-state index contributed by atoms with van der Waals surface area (Å²) in [4.78, 5) is 9.84. The summed E-state index contributed by atoms with van der Waals surface area (Å²) < 4.78 is 24.4. The molecule has 5 nitrogen and oxygen atoms in total. The van der Waals surface area contributed by atoms with Crippen LogP contribution in [0, 0.1) is 0 Å². The summed E-state index contributed by atoms with van der Waals surface area (Å²) in [5.74, 6) is -0.411. The van der Waals surface area contributed by atoms with Crippen LogP contribution in [0.15, 0.2) is 0 Å². The lowest BCUT2D eigenvalue weighted by atomic mass is 10.9. The van der Waals surface area contributed by atoms with E-state index in [1.807, 2.05) is 0 Å². The Morgan fingerprint density at radius 2 is 2.10 bits per heavy atom. The molecule has 0 amide bonds. The van der Waals surface area contributed by atoms with Crippen LogP contribution in [0.1, 0.15) is 0 Å². The molecular weight excluding hydrogens is 182 g/mol. The summed E-state index contributed by atoms with van der Waals surface area (Å²) in [6.45, 7) is -0.304. The Bertz CT molecular complexity index is 211. The van der Waals surface area contributed by atoms with E-state index in [4.69, 9.17) is 11.6 Å². The first-order valence-corrected chi connectivity index (χ1v) is 4.34. The van der Waals surface area contributed by atoms with Gasteiger partial charge in [-0.15, -0.1) is 0 Å². The summed E-state index contributed by atoms with van der Waals surface area (Å²) >= 11 is 4.71. The number of carbonyl (C=O) groups excluding carboxylic acids is 1. The summed E-state index contributed by atoms with van der Waals surface area (Å²) in [7, 11) is -3.56. The molecule has 0 fully saturated rings. The summed E-state index contributed by atoms with van der Waals surface area (Å²) in [6, 6.07) is 0. The Morgan fingerprint density at radius 3 is 2.40 bits per heavy atom. The highest BCUT2D eigenvalue weighted by molar-refractivity contribution is 7.89. The average Bonchev–Trinajstić information content (AvgIpc) is 1.59. The molecule has 0 aromatic carbocycles. The van der Waals surface area contributed by atoms with E-state index < -0.39 is 21.2 Å². The minimum absolute atomic E-state index is 0.304. The number of hydrogen-bond donors (Lipinski definition) is 1. The van der Waals surface area contributed by atoms with E-state index in [1.54, 1.807) is 0 Å². The van der Waals surface area contributed by atoms with Crippen LogP contribution in [0.25, 0.3) is 0 Å². The van der Waals surface area contributed by atoms with Gasteiger partial charge in [-0.1, -0.05) is 0 Å². The van der Waals surface area contributed by atoms with Crippen LogP contribution in [0.3, 0.4) is 0 Å². The molecule has 0 aromatic rings. The van der Waals surface area contributed by atoms with E-state index in [-0.39, 0.29) is 6.61 Å². The van der Waals surface area contributed by atoms with Crippen LogP contribution < -0.4 is 5.14 Å². The van der Waals surface area contributed by atoms with E-state index in [0.717, 1.165) is 0 Å². The van der Waals surface area contributed by atoms with Gasteiger partial charge in [-0.2, -0.15) is 0 Å². The predicted octanol–water partition coefficient (Wildman–Crippen LogP) is -0.350. The Balaban J connectivity index is 3.49. The fraction of sp³-hybridized carbons (Fsp3) is 0.667. The molecule has 7 heteroatoms. The zero-order valence-electron chi connectivity index (χ0n) is 4.91. The monoisotopic (exact) mass is 187 g/mol. The fourth-order valence-corrected chi connectivity index (χ4v) is 0.631. The number of halogens is 1. The Hall–Kier alpha value is -0.330. The third-order valence-electron chi connectivity index (χ3n) is 0.583. The molecule has 0 heterocycles. The maximum Gasteiger partial charge on any atom is 0.403 e. The Labute approximate surface area is 63.1 Å². The molecular formula is C3H6ClNO4S. The lowest BCUT2D eigenvalue weighted by Crippen LogP contribution is -2.20. The molecule has 0 rings (SSSR count). The largest absolute Gasteiger partial charge is 0.453 e. The molecule has 0 aliphatic rings. The molecule has 0 unspecified atom stereocenters. The van der Waals surface area contributed by atoms with Gasteiger partial charge >= 0.3 is 5.43 Å². The van der Waals surface area contributed by atoms with Crippen LogP contribution in [0.5, 0.6) is 0 Å². The van der Waals surface area contributed by atoms with Crippen LogP contribution in [-0.2, 0) is 14.8 Å². The molecule has 0 radical (unpaired) electrons. The lowest BCUT2D eigenvalue weighted by molar-refractivity contribution is 0.180. The van der Waals surface area contributed by atoms with E-state index in [9.17, 15) is 13.2 Å². The Kier molecular flexibility index (Phi) is 3.62. The molecule has 0 aliphatic carbocycles. The third kappa shape index (κ3) is 7.67. The van der Waals surface area contributed by atoms with Crippen molar-refractivity contribution in [1.82, 2.24) is 0 Å². The fourth-order valence-electron chi connectivity index (χ4n) is 0.238. The highest BCUT2D eigenvalue weighted by Gasteiger charge is 2.03. The van der Waals surface area contributed by atoms with Crippen LogP contribution in [0.4, 0.5) is 4.79 Å². The molecule has 0 bridgehead atoms. The predicted molar refractivity (Wildman–Crippen MR) is 35.2 cm³/mol. The van der Waals surface area contributed by atoms with Crippen LogP contribution >= 0.6 is 11.6 Å².